The Hall–Kier alpha value is -0.0800. The van der Waals surface area contributed by atoms with E-state index in [0.717, 1.165) is 18.4 Å². The number of aliphatic hydroxyl groups is 1. The molecule has 0 radical (unpaired) electrons. The Labute approximate surface area is 106 Å². The minimum absolute atomic E-state index is 0.112. The van der Waals surface area contributed by atoms with Crippen LogP contribution in [0.15, 0.2) is 0 Å². The Bertz CT molecular complexity index is 211. The lowest BCUT2D eigenvalue weighted by Crippen LogP contribution is -2.35. The minimum Gasteiger partial charge on any atom is -0.393 e. The van der Waals surface area contributed by atoms with Crippen molar-refractivity contribution in [3.8, 4) is 0 Å². The molecule has 1 saturated carbocycles. The van der Waals surface area contributed by atoms with Gasteiger partial charge in [0.05, 0.1) is 6.10 Å². The van der Waals surface area contributed by atoms with Gasteiger partial charge in [-0.15, -0.1) is 0 Å². The lowest BCUT2D eigenvalue weighted by molar-refractivity contribution is 0.166. The molecule has 100 valence electrons. The van der Waals surface area contributed by atoms with Crippen LogP contribution in [0.4, 0.5) is 0 Å². The summed E-state index contributed by atoms with van der Waals surface area (Å²) in [7, 11) is 0. The molecular weight excluding hydrogens is 210 g/mol. The van der Waals surface area contributed by atoms with E-state index in [0.29, 0.717) is 0 Å². The summed E-state index contributed by atoms with van der Waals surface area (Å²) >= 11 is 0. The quantitative estimate of drug-likeness (QED) is 0.720. The summed E-state index contributed by atoms with van der Waals surface area (Å²) in [6, 6.07) is 0.907. The highest BCUT2D eigenvalue weighted by Crippen LogP contribution is 2.35. The third-order valence-corrected chi connectivity index (χ3v) is 4.68. The summed E-state index contributed by atoms with van der Waals surface area (Å²) in [4.78, 5) is 2.75. The average molecular weight is 239 g/mol. The van der Waals surface area contributed by atoms with Gasteiger partial charge in [0.1, 0.15) is 0 Å². The molecule has 0 bridgehead atoms. The molecule has 1 aliphatic carbocycles. The molecule has 2 nitrogen and oxygen atoms in total. The van der Waals surface area contributed by atoms with Crippen molar-refractivity contribution in [3.63, 3.8) is 0 Å². The molecular formula is C15H29NO. The molecule has 0 spiro atoms. The Balaban J connectivity index is 1.68. The minimum atomic E-state index is -0.112. The summed E-state index contributed by atoms with van der Waals surface area (Å²) < 4.78 is 0. The van der Waals surface area contributed by atoms with Crippen molar-refractivity contribution in [2.75, 3.05) is 13.1 Å². The summed E-state index contributed by atoms with van der Waals surface area (Å²) in [6.45, 7) is 4.50. The fourth-order valence-electron chi connectivity index (χ4n) is 3.76. The standard InChI is InChI=1S/C15H29NO/c1-13(17)7-4-5-11-16-12-6-10-15(16)14-8-2-3-9-14/h13-15,17H,2-12H2,1H3. The zero-order chi connectivity index (χ0) is 12.1. The van der Waals surface area contributed by atoms with E-state index >= 15 is 0 Å². The molecule has 0 aromatic heterocycles. The van der Waals surface area contributed by atoms with E-state index in [2.05, 4.69) is 4.90 Å². The molecule has 2 aliphatic rings. The molecule has 0 amide bonds. The normalized spacial score (nSPS) is 28.9. The van der Waals surface area contributed by atoms with Crippen LogP contribution in [0.2, 0.25) is 0 Å². The van der Waals surface area contributed by atoms with Gasteiger partial charge < -0.3 is 10.0 Å². The van der Waals surface area contributed by atoms with Gasteiger partial charge in [0.2, 0.25) is 0 Å². The predicted molar refractivity (Wildman–Crippen MR) is 72.1 cm³/mol. The van der Waals surface area contributed by atoms with Gasteiger partial charge in [-0.3, -0.25) is 0 Å². The van der Waals surface area contributed by atoms with Crippen LogP contribution >= 0.6 is 0 Å². The van der Waals surface area contributed by atoms with Crippen LogP contribution in [0.5, 0.6) is 0 Å². The van der Waals surface area contributed by atoms with Crippen molar-refractivity contribution < 1.29 is 5.11 Å². The fourth-order valence-corrected chi connectivity index (χ4v) is 3.76. The third kappa shape index (κ3) is 3.96. The zero-order valence-corrected chi connectivity index (χ0v) is 11.4. The van der Waals surface area contributed by atoms with E-state index in [4.69, 9.17) is 0 Å². The molecule has 1 saturated heterocycles. The second kappa shape index (κ2) is 6.75. The van der Waals surface area contributed by atoms with Gasteiger partial charge in [-0.05, 0) is 70.9 Å². The number of hydrogen-bond donors (Lipinski definition) is 1. The number of rotatable bonds is 6. The van der Waals surface area contributed by atoms with Gasteiger partial charge >= 0.3 is 0 Å². The maximum Gasteiger partial charge on any atom is 0.0512 e. The molecule has 0 aromatic carbocycles. The molecule has 2 atom stereocenters. The van der Waals surface area contributed by atoms with Gasteiger partial charge in [0, 0.05) is 6.04 Å². The smallest absolute Gasteiger partial charge is 0.0512 e. The molecule has 2 rings (SSSR count). The van der Waals surface area contributed by atoms with Gasteiger partial charge in [-0.25, -0.2) is 0 Å². The van der Waals surface area contributed by atoms with Gasteiger partial charge in [-0.2, -0.15) is 0 Å². The van der Waals surface area contributed by atoms with E-state index in [9.17, 15) is 5.11 Å². The molecule has 1 heterocycles. The van der Waals surface area contributed by atoms with Crippen LogP contribution in [-0.4, -0.2) is 35.2 Å². The number of unbranched alkanes of at least 4 members (excludes halogenated alkanes) is 1. The summed E-state index contributed by atoms with van der Waals surface area (Å²) in [6.07, 6.45) is 12.1. The van der Waals surface area contributed by atoms with Gasteiger partial charge in [0.25, 0.3) is 0 Å². The van der Waals surface area contributed by atoms with Crippen LogP contribution in [0.1, 0.15) is 64.7 Å². The van der Waals surface area contributed by atoms with Crippen molar-refractivity contribution in [1.82, 2.24) is 4.90 Å². The van der Waals surface area contributed by atoms with Crippen molar-refractivity contribution in [2.45, 2.75) is 76.9 Å². The molecule has 1 N–H and O–H groups in total. The summed E-state index contributed by atoms with van der Waals surface area (Å²) in [5.41, 5.74) is 0. The Kier molecular flexibility index (Phi) is 5.30. The molecule has 0 aromatic rings. The molecule has 2 heteroatoms. The maximum atomic E-state index is 9.26. The van der Waals surface area contributed by atoms with Crippen LogP contribution in [0.3, 0.4) is 0 Å². The Morgan fingerprint density at radius 2 is 1.88 bits per heavy atom. The van der Waals surface area contributed by atoms with E-state index in [1.165, 1.54) is 64.5 Å². The van der Waals surface area contributed by atoms with Gasteiger partial charge in [-0.1, -0.05) is 12.8 Å². The number of nitrogens with zero attached hydrogens (tertiary/aromatic N) is 1. The van der Waals surface area contributed by atoms with E-state index in [1.54, 1.807) is 0 Å². The third-order valence-electron chi connectivity index (χ3n) is 4.68. The topological polar surface area (TPSA) is 23.5 Å². The Morgan fingerprint density at radius 3 is 2.59 bits per heavy atom. The highest BCUT2D eigenvalue weighted by atomic mass is 16.3. The molecule has 17 heavy (non-hydrogen) atoms. The number of aliphatic hydroxyl groups excluding tert-OH is 1. The zero-order valence-electron chi connectivity index (χ0n) is 11.4. The van der Waals surface area contributed by atoms with E-state index in [1.807, 2.05) is 6.92 Å². The number of likely N-dealkylation sites (tertiary alicyclic amines) is 1. The monoisotopic (exact) mass is 239 g/mol. The van der Waals surface area contributed by atoms with E-state index in [-0.39, 0.29) is 6.10 Å². The van der Waals surface area contributed by atoms with Crippen molar-refractivity contribution in [3.05, 3.63) is 0 Å². The lowest BCUT2D eigenvalue weighted by Gasteiger charge is -2.29. The second-order valence-electron chi connectivity index (χ2n) is 6.13. The van der Waals surface area contributed by atoms with E-state index < -0.39 is 0 Å². The maximum absolute atomic E-state index is 9.26. The van der Waals surface area contributed by atoms with Crippen molar-refractivity contribution >= 4 is 0 Å². The first kappa shape index (κ1) is 13.4. The first-order chi connectivity index (χ1) is 8.27. The van der Waals surface area contributed by atoms with Crippen LogP contribution in [0, 0.1) is 5.92 Å². The van der Waals surface area contributed by atoms with Crippen LogP contribution in [0.25, 0.3) is 0 Å². The highest BCUT2D eigenvalue weighted by molar-refractivity contribution is 4.87. The lowest BCUT2D eigenvalue weighted by atomic mass is 9.96. The average Bonchev–Trinajstić information content (AvgIpc) is 2.94. The summed E-state index contributed by atoms with van der Waals surface area (Å²) in [5.74, 6) is 1.01. The fraction of sp³-hybridized carbons (Fsp3) is 1.00. The Morgan fingerprint density at radius 1 is 1.12 bits per heavy atom. The number of hydrogen-bond acceptors (Lipinski definition) is 2. The SMILES string of the molecule is CC(O)CCCCN1CCCC1C1CCCC1. The first-order valence-electron chi connectivity index (χ1n) is 7.69. The largest absolute Gasteiger partial charge is 0.393 e. The molecule has 2 fully saturated rings. The van der Waals surface area contributed by atoms with Gasteiger partial charge in [0.15, 0.2) is 0 Å². The highest BCUT2D eigenvalue weighted by Gasteiger charge is 2.32. The van der Waals surface area contributed by atoms with Crippen LogP contribution in [-0.2, 0) is 0 Å². The van der Waals surface area contributed by atoms with Crippen molar-refractivity contribution in [2.24, 2.45) is 5.92 Å². The van der Waals surface area contributed by atoms with Crippen LogP contribution < -0.4 is 0 Å². The predicted octanol–water partition coefficient (Wildman–Crippen LogP) is 3.19. The van der Waals surface area contributed by atoms with Crippen molar-refractivity contribution in [1.29, 1.82) is 0 Å². The molecule has 2 unspecified atom stereocenters. The molecule has 1 aliphatic heterocycles. The second-order valence-corrected chi connectivity index (χ2v) is 6.13. The first-order valence-corrected chi connectivity index (χ1v) is 7.69. The summed E-state index contributed by atoms with van der Waals surface area (Å²) in [5, 5.41) is 9.26.